The van der Waals surface area contributed by atoms with E-state index in [1.165, 1.54) is 12.1 Å². The van der Waals surface area contributed by atoms with E-state index in [2.05, 4.69) is 0 Å². The summed E-state index contributed by atoms with van der Waals surface area (Å²) in [5.41, 5.74) is 10.9. The van der Waals surface area contributed by atoms with Crippen LogP contribution in [0.1, 0.15) is 23.7 Å². The molecule has 1 amide bonds. The van der Waals surface area contributed by atoms with Crippen LogP contribution in [0.4, 0.5) is 5.69 Å². The third-order valence-electron chi connectivity index (χ3n) is 2.21. The van der Waals surface area contributed by atoms with Crippen molar-refractivity contribution < 1.29 is 14.3 Å². The maximum Gasteiger partial charge on any atom is 0.340 e. The fraction of sp³-hybridized carbons (Fsp3) is 0.273. The molecule has 0 aliphatic carbocycles. The van der Waals surface area contributed by atoms with Crippen molar-refractivity contribution in [2.24, 2.45) is 5.73 Å². The van der Waals surface area contributed by atoms with Crippen LogP contribution < -0.4 is 11.5 Å². The first kappa shape index (κ1) is 14.6. The second kappa shape index (κ2) is 5.93. The minimum absolute atomic E-state index is 0.00127. The fourth-order valence-corrected chi connectivity index (χ4v) is 1.71. The summed E-state index contributed by atoms with van der Waals surface area (Å²) in [7, 11) is 0. The van der Waals surface area contributed by atoms with Crippen LogP contribution in [-0.4, -0.2) is 18.0 Å². The van der Waals surface area contributed by atoms with E-state index >= 15 is 0 Å². The molecule has 1 unspecified atom stereocenters. The minimum Gasteiger partial charge on any atom is -0.449 e. The second-order valence-electron chi connectivity index (χ2n) is 3.57. The lowest BCUT2D eigenvalue weighted by Crippen LogP contribution is -2.32. The van der Waals surface area contributed by atoms with Gasteiger partial charge in [-0.2, -0.15) is 0 Å². The van der Waals surface area contributed by atoms with Crippen molar-refractivity contribution in [3.63, 3.8) is 0 Å². The van der Waals surface area contributed by atoms with Gasteiger partial charge in [0, 0.05) is 5.69 Å². The summed E-state index contributed by atoms with van der Waals surface area (Å²) in [6, 6.07) is 2.73. The molecule has 1 rings (SSSR count). The molecule has 1 aromatic carbocycles. The lowest BCUT2D eigenvalue weighted by molar-refractivity contribution is -0.126. The van der Waals surface area contributed by atoms with Gasteiger partial charge in [-0.3, -0.25) is 4.79 Å². The smallest absolute Gasteiger partial charge is 0.340 e. The third-order valence-corrected chi connectivity index (χ3v) is 3.01. The van der Waals surface area contributed by atoms with E-state index in [1.807, 2.05) is 0 Å². The summed E-state index contributed by atoms with van der Waals surface area (Å²) in [4.78, 5) is 22.8. The number of primary amides is 1. The number of carbonyl (C=O) groups excluding carboxylic acids is 2. The summed E-state index contributed by atoms with van der Waals surface area (Å²) < 4.78 is 4.93. The molecular formula is C11H12Cl2N2O3. The zero-order valence-electron chi connectivity index (χ0n) is 9.57. The van der Waals surface area contributed by atoms with E-state index < -0.39 is 18.0 Å². The lowest BCUT2D eigenvalue weighted by Gasteiger charge is -2.13. The number of nitrogen functional groups attached to an aromatic ring is 1. The topological polar surface area (TPSA) is 95.4 Å². The lowest BCUT2D eigenvalue weighted by atomic mass is 10.2. The molecule has 0 spiro atoms. The number of esters is 1. The first-order chi connectivity index (χ1) is 8.36. The van der Waals surface area contributed by atoms with Gasteiger partial charge in [0.2, 0.25) is 0 Å². The van der Waals surface area contributed by atoms with Gasteiger partial charge in [0.05, 0.1) is 15.6 Å². The monoisotopic (exact) mass is 290 g/mol. The molecule has 0 aliphatic rings. The molecule has 0 aromatic heterocycles. The maximum atomic E-state index is 11.8. The standard InChI is InChI=1S/C11H12Cl2N2O3/c1-2-8(10(15)16)18-11(17)6-3-5(14)4-7(12)9(6)13/h3-4,8H,2,14H2,1H3,(H2,15,16). The molecule has 18 heavy (non-hydrogen) atoms. The molecule has 98 valence electrons. The Bertz CT molecular complexity index is 491. The molecular weight excluding hydrogens is 279 g/mol. The van der Waals surface area contributed by atoms with Crippen LogP contribution in [-0.2, 0) is 9.53 Å². The van der Waals surface area contributed by atoms with Crippen LogP contribution in [0.15, 0.2) is 12.1 Å². The SMILES string of the molecule is CCC(OC(=O)c1cc(N)cc(Cl)c1Cl)C(N)=O. The molecule has 0 aliphatic heterocycles. The van der Waals surface area contributed by atoms with E-state index in [0.717, 1.165) is 0 Å². The van der Waals surface area contributed by atoms with E-state index in [1.54, 1.807) is 6.92 Å². The maximum absolute atomic E-state index is 11.8. The number of hydrogen-bond acceptors (Lipinski definition) is 4. The molecule has 0 saturated heterocycles. The highest BCUT2D eigenvalue weighted by Gasteiger charge is 2.22. The average Bonchev–Trinajstić information content (AvgIpc) is 2.29. The minimum atomic E-state index is -1.01. The number of amides is 1. The van der Waals surface area contributed by atoms with Gasteiger partial charge in [-0.15, -0.1) is 0 Å². The molecule has 4 N–H and O–H groups in total. The first-order valence-electron chi connectivity index (χ1n) is 5.11. The Morgan fingerprint density at radius 3 is 2.50 bits per heavy atom. The van der Waals surface area contributed by atoms with Gasteiger partial charge in [-0.25, -0.2) is 4.79 Å². The van der Waals surface area contributed by atoms with E-state index in [4.69, 9.17) is 39.4 Å². The summed E-state index contributed by atoms with van der Waals surface area (Å²) in [5, 5.41) is 0.158. The highest BCUT2D eigenvalue weighted by atomic mass is 35.5. The second-order valence-corrected chi connectivity index (χ2v) is 4.35. The normalized spacial score (nSPS) is 11.9. The average molecular weight is 291 g/mol. The number of rotatable bonds is 4. The molecule has 0 fully saturated rings. The van der Waals surface area contributed by atoms with Crippen molar-refractivity contribution in [3.8, 4) is 0 Å². The van der Waals surface area contributed by atoms with Crippen LogP contribution in [0.2, 0.25) is 10.0 Å². The van der Waals surface area contributed by atoms with Crippen molar-refractivity contribution in [3.05, 3.63) is 27.7 Å². The Balaban J connectivity index is 3.01. The zero-order chi connectivity index (χ0) is 13.9. The Labute approximate surface area is 114 Å². The molecule has 1 aromatic rings. The summed E-state index contributed by atoms with van der Waals surface area (Å²) in [6.07, 6.45) is -0.733. The number of anilines is 1. The van der Waals surface area contributed by atoms with Crippen molar-refractivity contribution in [1.29, 1.82) is 0 Å². The van der Waals surface area contributed by atoms with Gasteiger partial charge < -0.3 is 16.2 Å². The molecule has 0 bridgehead atoms. The van der Waals surface area contributed by atoms with Gasteiger partial charge in [0.25, 0.3) is 5.91 Å². The third kappa shape index (κ3) is 3.27. The van der Waals surface area contributed by atoms with Crippen LogP contribution in [0.3, 0.4) is 0 Å². The van der Waals surface area contributed by atoms with E-state index in [0.29, 0.717) is 0 Å². The highest BCUT2D eigenvalue weighted by Crippen LogP contribution is 2.29. The number of benzene rings is 1. The van der Waals surface area contributed by atoms with Gasteiger partial charge in [-0.1, -0.05) is 30.1 Å². The number of hydrogen-bond donors (Lipinski definition) is 2. The summed E-state index contributed by atoms with van der Waals surface area (Å²) >= 11 is 11.6. The van der Waals surface area contributed by atoms with Crippen molar-refractivity contribution >= 4 is 40.8 Å². The van der Waals surface area contributed by atoms with E-state index in [9.17, 15) is 9.59 Å². The predicted octanol–water partition coefficient (Wildman–Crippen LogP) is 2.00. The van der Waals surface area contributed by atoms with E-state index in [-0.39, 0.29) is 27.7 Å². The first-order valence-corrected chi connectivity index (χ1v) is 5.87. The van der Waals surface area contributed by atoms with Crippen LogP contribution in [0, 0.1) is 0 Å². The Hall–Kier alpha value is -1.46. The Morgan fingerprint density at radius 2 is 2.00 bits per heavy atom. The number of carbonyl (C=O) groups is 2. The largest absolute Gasteiger partial charge is 0.449 e. The van der Waals surface area contributed by atoms with Gasteiger partial charge in [-0.05, 0) is 18.6 Å². The Kier molecular flexibility index (Phi) is 4.81. The van der Waals surface area contributed by atoms with Crippen molar-refractivity contribution in [1.82, 2.24) is 0 Å². The van der Waals surface area contributed by atoms with Gasteiger partial charge in [0.15, 0.2) is 6.10 Å². The molecule has 7 heteroatoms. The Morgan fingerprint density at radius 1 is 1.39 bits per heavy atom. The quantitative estimate of drug-likeness (QED) is 0.655. The van der Waals surface area contributed by atoms with Crippen molar-refractivity contribution in [2.45, 2.75) is 19.4 Å². The summed E-state index contributed by atoms with van der Waals surface area (Å²) in [6.45, 7) is 1.66. The number of ether oxygens (including phenoxy) is 1. The van der Waals surface area contributed by atoms with Crippen LogP contribution in [0.5, 0.6) is 0 Å². The van der Waals surface area contributed by atoms with Gasteiger partial charge in [0.1, 0.15) is 0 Å². The molecule has 0 saturated carbocycles. The molecule has 1 atom stereocenters. The molecule has 5 nitrogen and oxygen atoms in total. The number of halogens is 2. The molecule has 0 heterocycles. The van der Waals surface area contributed by atoms with Crippen LogP contribution >= 0.6 is 23.2 Å². The summed E-state index contributed by atoms with van der Waals surface area (Å²) in [5.74, 6) is -1.52. The zero-order valence-corrected chi connectivity index (χ0v) is 11.1. The fourth-order valence-electron chi connectivity index (χ4n) is 1.29. The molecule has 0 radical (unpaired) electrons. The number of nitrogens with two attached hydrogens (primary N) is 2. The van der Waals surface area contributed by atoms with Gasteiger partial charge >= 0.3 is 5.97 Å². The highest BCUT2D eigenvalue weighted by molar-refractivity contribution is 6.44. The predicted molar refractivity (Wildman–Crippen MR) is 69.6 cm³/mol. The van der Waals surface area contributed by atoms with Crippen LogP contribution in [0.25, 0.3) is 0 Å². The van der Waals surface area contributed by atoms with Crippen molar-refractivity contribution in [2.75, 3.05) is 5.73 Å².